The van der Waals surface area contributed by atoms with Gasteiger partial charge in [-0.3, -0.25) is 4.79 Å². The number of nitrogens with zero attached hydrogens (tertiary/aromatic N) is 2. The summed E-state index contributed by atoms with van der Waals surface area (Å²) in [7, 11) is 0. The van der Waals surface area contributed by atoms with E-state index in [0.717, 1.165) is 16.6 Å². The highest BCUT2D eigenvalue weighted by molar-refractivity contribution is 6.30. The summed E-state index contributed by atoms with van der Waals surface area (Å²) in [6.45, 7) is 0. The minimum atomic E-state index is -0.283. The molecule has 1 amide bonds. The van der Waals surface area contributed by atoms with Crippen LogP contribution in [0, 0.1) is 0 Å². The molecule has 0 fully saturated rings. The summed E-state index contributed by atoms with van der Waals surface area (Å²) in [6, 6.07) is 22.2. The molecular formula is C20H15ClN4O. The molecule has 26 heavy (non-hydrogen) atoms. The summed E-state index contributed by atoms with van der Waals surface area (Å²) in [6.07, 6.45) is 0. The summed E-state index contributed by atoms with van der Waals surface area (Å²) in [4.78, 5) is 12.8. The third kappa shape index (κ3) is 3.30. The van der Waals surface area contributed by atoms with E-state index in [-0.39, 0.29) is 11.9 Å². The molecule has 1 aromatic heterocycles. The summed E-state index contributed by atoms with van der Waals surface area (Å²) < 4.78 is 0. The number of halogens is 1. The van der Waals surface area contributed by atoms with Gasteiger partial charge >= 0.3 is 0 Å². The fourth-order valence-electron chi connectivity index (χ4n) is 2.86. The van der Waals surface area contributed by atoms with Crippen molar-refractivity contribution in [1.29, 1.82) is 0 Å². The first-order chi connectivity index (χ1) is 12.7. The van der Waals surface area contributed by atoms with Gasteiger partial charge in [-0.1, -0.05) is 54.1 Å². The van der Waals surface area contributed by atoms with E-state index in [0.29, 0.717) is 16.1 Å². The van der Waals surface area contributed by atoms with E-state index in [4.69, 9.17) is 11.6 Å². The van der Waals surface area contributed by atoms with Crippen LogP contribution in [0.4, 0.5) is 0 Å². The highest BCUT2D eigenvalue weighted by Gasteiger charge is 2.18. The lowest BCUT2D eigenvalue weighted by molar-refractivity contribution is 0.0943. The maximum absolute atomic E-state index is 12.8. The van der Waals surface area contributed by atoms with Gasteiger partial charge in [-0.15, -0.1) is 0 Å². The van der Waals surface area contributed by atoms with Crippen molar-refractivity contribution in [2.24, 2.45) is 0 Å². The molecule has 4 rings (SSSR count). The third-order valence-electron chi connectivity index (χ3n) is 4.19. The number of fused-ring (bicyclic) bond motifs is 1. The Labute approximate surface area is 155 Å². The largest absolute Gasteiger partial charge is 0.341 e. The molecule has 2 N–H and O–H groups in total. The molecule has 5 nitrogen and oxygen atoms in total. The predicted octanol–water partition coefficient (Wildman–Crippen LogP) is 4.13. The molecule has 1 atom stereocenters. The molecule has 3 aromatic carbocycles. The number of aromatic amines is 1. The van der Waals surface area contributed by atoms with Crippen LogP contribution in [0.2, 0.25) is 5.02 Å². The first-order valence-corrected chi connectivity index (χ1v) is 8.50. The molecule has 0 bridgehead atoms. The molecule has 1 unspecified atom stereocenters. The van der Waals surface area contributed by atoms with Gasteiger partial charge in [-0.25, -0.2) is 0 Å². The van der Waals surface area contributed by atoms with Crippen molar-refractivity contribution in [2.75, 3.05) is 0 Å². The Morgan fingerprint density at radius 1 is 0.885 bits per heavy atom. The van der Waals surface area contributed by atoms with E-state index >= 15 is 0 Å². The second-order valence-electron chi connectivity index (χ2n) is 5.90. The van der Waals surface area contributed by atoms with Crippen molar-refractivity contribution >= 4 is 28.5 Å². The maximum atomic E-state index is 12.8. The number of benzene rings is 3. The van der Waals surface area contributed by atoms with E-state index in [9.17, 15) is 4.79 Å². The Kier molecular flexibility index (Phi) is 4.37. The van der Waals surface area contributed by atoms with Gasteiger partial charge in [0.1, 0.15) is 11.0 Å². The quantitative estimate of drug-likeness (QED) is 0.573. The van der Waals surface area contributed by atoms with Crippen LogP contribution in [-0.4, -0.2) is 21.3 Å². The van der Waals surface area contributed by atoms with Crippen LogP contribution in [0.15, 0.2) is 72.8 Å². The lowest BCUT2D eigenvalue weighted by atomic mass is 9.98. The zero-order chi connectivity index (χ0) is 17.9. The minimum absolute atomic E-state index is 0.182. The van der Waals surface area contributed by atoms with Crippen molar-refractivity contribution in [3.63, 3.8) is 0 Å². The molecular weight excluding hydrogens is 348 g/mol. The van der Waals surface area contributed by atoms with Crippen LogP contribution in [0.25, 0.3) is 11.0 Å². The SMILES string of the molecule is O=C(NC(c1ccccc1)c1ccc(Cl)cc1)c1ccc2n[nH]nc2c1. The molecule has 0 aliphatic rings. The Hall–Kier alpha value is -3.18. The van der Waals surface area contributed by atoms with Gasteiger partial charge in [0.25, 0.3) is 5.91 Å². The molecule has 0 spiro atoms. The topological polar surface area (TPSA) is 70.7 Å². The fraction of sp³-hybridized carbons (Fsp3) is 0.0500. The van der Waals surface area contributed by atoms with E-state index < -0.39 is 0 Å². The monoisotopic (exact) mass is 362 g/mol. The average molecular weight is 363 g/mol. The van der Waals surface area contributed by atoms with Gasteiger partial charge in [0.15, 0.2) is 0 Å². The van der Waals surface area contributed by atoms with Crippen LogP contribution in [-0.2, 0) is 0 Å². The number of carbonyl (C=O) groups is 1. The fourth-order valence-corrected chi connectivity index (χ4v) is 2.98. The molecule has 0 aliphatic heterocycles. The third-order valence-corrected chi connectivity index (χ3v) is 4.44. The molecule has 128 valence electrons. The highest BCUT2D eigenvalue weighted by Crippen LogP contribution is 2.24. The summed E-state index contributed by atoms with van der Waals surface area (Å²) in [5.74, 6) is -0.182. The zero-order valence-corrected chi connectivity index (χ0v) is 14.4. The van der Waals surface area contributed by atoms with Gasteiger partial charge < -0.3 is 5.32 Å². The highest BCUT2D eigenvalue weighted by atomic mass is 35.5. The summed E-state index contributed by atoms with van der Waals surface area (Å²) in [5, 5.41) is 14.4. The van der Waals surface area contributed by atoms with Crippen LogP contribution >= 0.6 is 11.6 Å². The number of aromatic nitrogens is 3. The van der Waals surface area contributed by atoms with Gasteiger partial charge in [0, 0.05) is 10.6 Å². The van der Waals surface area contributed by atoms with E-state index in [1.165, 1.54) is 0 Å². The average Bonchev–Trinajstić information content (AvgIpc) is 3.15. The number of nitrogens with one attached hydrogen (secondary N) is 2. The number of rotatable bonds is 4. The Balaban J connectivity index is 1.67. The van der Waals surface area contributed by atoms with Gasteiger partial charge in [-0.05, 0) is 41.5 Å². The predicted molar refractivity (Wildman–Crippen MR) is 101 cm³/mol. The lowest BCUT2D eigenvalue weighted by Crippen LogP contribution is -2.29. The first-order valence-electron chi connectivity index (χ1n) is 8.12. The van der Waals surface area contributed by atoms with Gasteiger partial charge in [0.2, 0.25) is 0 Å². The van der Waals surface area contributed by atoms with Crippen molar-refractivity contribution in [3.8, 4) is 0 Å². The number of H-pyrrole nitrogens is 1. The number of hydrogen-bond acceptors (Lipinski definition) is 3. The Morgan fingerprint density at radius 3 is 2.35 bits per heavy atom. The molecule has 0 aliphatic carbocycles. The van der Waals surface area contributed by atoms with Crippen LogP contribution in [0.5, 0.6) is 0 Å². The molecule has 6 heteroatoms. The molecule has 0 saturated heterocycles. The zero-order valence-electron chi connectivity index (χ0n) is 13.7. The van der Waals surface area contributed by atoms with Gasteiger partial charge in [0.05, 0.1) is 6.04 Å². The number of amides is 1. The molecule has 0 radical (unpaired) electrons. The summed E-state index contributed by atoms with van der Waals surface area (Å²) >= 11 is 6.01. The van der Waals surface area contributed by atoms with Crippen LogP contribution < -0.4 is 5.32 Å². The second kappa shape index (κ2) is 6.98. The van der Waals surface area contributed by atoms with Crippen LogP contribution in [0.1, 0.15) is 27.5 Å². The smallest absolute Gasteiger partial charge is 0.252 e. The maximum Gasteiger partial charge on any atom is 0.252 e. The van der Waals surface area contributed by atoms with Crippen molar-refractivity contribution in [1.82, 2.24) is 20.7 Å². The van der Waals surface area contributed by atoms with E-state index in [1.54, 1.807) is 18.2 Å². The van der Waals surface area contributed by atoms with Crippen molar-refractivity contribution < 1.29 is 4.79 Å². The first kappa shape index (κ1) is 16.3. The lowest BCUT2D eigenvalue weighted by Gasteiger charge is -2.20. The Morgan fingerprint density at radius 2 is 1.58 bits per heavy atom. The minimum Gasteiger partial charge on any atom is -0.341 e. The van der Waals surface area contributed by atoms with E-state index in [1.807, 2.05) is 54.6 Å². The summed E-state index contributed by atoms with van der Waals surface area (Å²) in [5.41, 5.74) is 3.85. The van der Waals surface area contributed by atoms with E-state index in [2.05, 4.69) is 20.7 Å². The normalized spacial score (nSPS) is 12.0. The molecule has 1 heterocycles. The van der Waals surface area contributed by atoms with Crippen molar-refractivity contribution in [2.45, 2.75) is 6.04 Å². The van der Waals surface area contributed by atoms with Gasteiger partial charge in [-0.2, -0.15) is 15.4 Å². The molecule has 0 saturated carbocycles. The second-order valence-corrected chi connectivity index (χ2v) is 6.33. The van der Waals surface area contributed by atoms with Crippen molar-refractivity contribution in [3.05, 3.63) is 94.5 Å². The number of carbonyl (C=O) groups excluding carboxylic acids is 1. The van der Waals surface area contributed by atoms with Crippen LogP contribution in [0.3, 0.4) is 0 Å². The standard InChI is InChI=1S/C20H15ClN4O/c21-16-9-6-14(7-10-16)19(13-4-2-1-3-5-13)22-20(26)15-8-11-17-18(12-15)24-25-23-17/h1-12,19H,(H,22,26)(H,23,24,25). The Bertz CT molecular complexity index is 1040. The number of hydrogen-bond donors (Lipinski definition) is 2. The molecule has 4 aromatic rings.